The van der Waals surface area contributed by atoms with Gasteiger partial charge in [0.25, 0.3) is 5.84 Å². The molecule has 2 heterocycles. The van der Waals surface area contributed by atoms with Crippen molar-refractivity contribution in [2.45, 2.75) is 13.2 Å². The zero-order valence-corrected chi connectivity index (χ0v) is 16.6. The Kier molecular flexibility index (Phi) is 5.22. The molecule has 0 atom stereocenters. The fourth-order valence-corrected chi connectivity index (χ4v) is 3.21. The lowest BCUT2D eigenvalue weighted by atomic mass is 10.1. The maximum Gasteiger partial charge on any atom is 0.292 e. The van der Waals surface area contributed by atoms with Crippen LogP contribution in [0.1, 0.15) is 16.8 Å². The van der Waals surface area contributed by atoms with Gasteiger partial charge >= 0.3 is 0 Å². The molecule has 31 heavy (non-hydrogen) atoms. The Labute approximate surface area is 179 Å². The van der Waals surface area contributed by atoms with E-state index in [0.29, 0.717) is 19.0 Å². The summed E-state index contributed by atoms with van der Waals surface area (Å²) in [5, 5.41) is 12.2. The van der Waals surface area contributed by atoms with Crippen molar-refractivity contribution in [3.05, 3.63) is 102 Å². The first-order valence-corrected chi connectivity index (χ1v) is 9.87. The molecule has 1 aliphatic rings. The molecule has 0 saturated carbocycles. The number of fused-ring (bicyclic) bond motifs is 1. The number of rotatable bonds is 7. The predicted octanol–water partition coefficient (Wildman–Crippen LogP) is 4.36. The number of benzene rings is 3. The van der Waals surface area contributed by atoms with Gasteiger partial charge in [-0.15, -0.1) is 5.43 Å². The molecule has 5 rings (SSSR count). The monoisotopic (exact) mass is 409 g/mol. The van der Waals surface area contributed by atoms with Gasteiger partial charge in [-0.3, -0.25) is 0 Å². The molecule has 0 bridgehead atoms. The van der Waals surface area contributed by atoms with Crippen LogP contribution in [-0.2, 0) is 13.2 Å². The third-order valence-electron chi connectivity index (χ3n) is 4.83. The molecule has 7 heteroatoms. The van der Waals surface area contributed by atoms with Gasteiger partial charge < -0.3 is 9.47 Å². The lowest BCUT2D eigenvalue weighted by Gasteiger charge is -2.10. The summed E-state index contributed by atoms with van der Waals surface area (Å²) in [4.78, 5) is 4.64. The summed E-state index contributed by atoms with van der Waals surface area (Å²) in [7, 11) is 0. The maximum absolute atomic E-state index is 5.93. The van der Waals surface area contributed by atoms with Crippen LogP contribution in [0.25, 0.3) is 10.9 Å². The highest BCUT2D eigenvalue weighted by molar-refractivity contribution is 5.98. The number of para-hydroxylation sites is 1. The second-order valence-corrected chi connectivity index (χ2v) is 6.99. The lowest BCUT2D eigenvalue weighted by Crippen LogP contribution is -2.14. The zero-order valence-electron chi connectivity index (χ0n) is 16.6. The number of nitrogens with one attached hydrogen (secondary N) is 1. The zero-order chi connectivity index (χ0) is 20.9. The van der Waals surface area contributed by atoms with Crippen LogP contribution in [0.4, 0.5) is 0 Å². The molecule has 1 aliphatic heterocycles. The Hall–Kier alpha value is -4.26. The van der Waals surface area contributed by atoms with E-state index in [4.69, 9.17) is 9.47 Å². The van der Waals surface area contributed by atoms with Gasteiger partial charge in [0, 0.05) is 22.1 Å². The second kappa shape index (κ2) is 8.62. The second-order valence-electron chi connectivity index (χ2n) is 6.99. The minimum absolute atomic E-state index is 0.395. The van der Waals surface area contributed by atoms with E-state index < -0.39 is 0 Å². The molecule has 0 amide bonds. The van der Waals surface area contributed by atoms with Crippen molar-refractivity contribution in [2.75, 3.05) is 0 Å². The van der Waals surface area contributed by atoms with Crippen LogP contribution in [0.15, 0.2) is 95.3 Å². The van der Waals surface area contributed by atoms with Gasteiger partial charge in [0.05, 0.1) is 11.2 Å². The van der Waals surface area contributed by atoms with Crippen molar-refractivity contribution in [3.63, 3.8) is 0 Å². The number of aromatic nitrogens is 1. The van der Waals surface area contributed by atoms with Crippen LogP contribution in [0.2, 0.25) is 0 Å². The summed E-state index contributed by atoms with van der Waals surface area (Å²) in [5.74, 6) is 2.12. The van der Waals surface area contributed by atoms with E-state index in [1.807, 2.05) is 78.9 Å². The highest BCUT2D eigenvalue weighted by atomic mass is 16.5. The first-order valence-electron chi connectivity index (χ1n) is 9.87. The Morgan fingerprint density at radius 1 is 0.774 bits per heavy atom. The van der Waals surface area contributed by atoms with E-state index in [0.717, 1.165) is 39.2 Å². The Balaban J connectivity index is 1.18. The van der Waals surface area contributed by atoms with Crippen molar-refractivity contribution < 1.29 is 9.47 Å². The quantitative estimate of drug-likeness (QED) is 0.492. The van der Waals surface area contributed by atoms with Gasteiger partial charge in [-0.05, 0) is 42.0 Å². The third-order valence-corrected chi connectivity index (χ3v) is 4.83. The molecular weight excluding hydrogens is 390 g/mol. The Morgan fingerprint density at radius 3 is 2.39 bits per heavy atom. The summed E-state index contributed by atoms with van der Waals surface area (Å²) in [5.41, 5.74) is 6.56. The molecule has 0 unspecified atom stereocenters. The highest BCUT2D eigenvalue weighted by Crippen LogP contribution is 2.22. The number of hydrogen-bond acceptors (Lipinski definition) is 7. The van der Waals surface area contributed by atoms with Crippen molar-refractivity contribution >= 4 is 16.7 Å². The summed E-state index contributed by atoms with van der Waals surface area (Å²) in [6.45, 7) is 0.844. The summed E-state index contributed by atoms with van der Waals surface area (Å²) < 4.78 is 11.9. The minimum Gasteiger partial charge on any atom is -0.489 e. The molecule has 3 aromatic carbocycles. The lowest BCUT2D eigenvalue weighted by molar-refractivity contribution is 0.288. The third kappa shape index (κ3) is 4.51. The molecule has 1 N–H and O–H groups in total. The molecule has 0 spiro atoms. The number of pyridine rings is 1. The van der Waals surface area contributed by atoms with Crippen LogP contribution in [0.3, 0.4) is 0 Å². The molecule has 0 saturated heterocycles. The van der Waals surface area contributed by atoms with Crippen LogP contribution >= 0.6 is 0 Å². The Morgan fingerprint density at radius 2 is 1.58 bits per heavy atom. The van der Waals surface area contributed by atoms with Crippen molar-refractivity contribution in [1.82, 2.24) is 15.6 Å². The predicted molar refractivity (Wildman–Crippen MR) is 118 cm³/mol. The SMILES string of the molecule is c1cc(OCc2ccc(C3=N[N+]=NN3)cc2)cc(OCc2ccc3ccccc3n2)c1. The van der Waals surface area contributed by atoms with Crippen LogP contribution in [0, 0.1) is 0 Å². The molecule has 151 valence electrons. The average molecular weight is 409 g/mol. The first kappa shape index (κ1) is 18.7. The largest absolute Gasteiger partial charge is 0.489 e. The minimum atomic E-state index is 0.395. The molecule has 4 aromatic rings. The molecule has 1 aromatic heterocycles. The van der Waals surface area contributed by atoms with E-state index in [-0.39, 0.29) is 0 Å². The van der Waals surface area contributed by atoms with Crippen LogP contribution in [0.5, 0.6) is 11.5 Å². The summed E-state index contributed by atoms with van der Waals surface area (Å²) in [6, 6.07) is 27.6. The van der Waals surface area contributed by atoms with E-state index in [1.165, 1.54) is 0 Å². The fourth-order valence-electron chi connectivity index (χ4n) is 3.21. The molecule has 1 radical (unpaired) electrons. The number of ether oxygens (including phenoxy) is 2. The van der Waals surface area contributed by atoms with Gasteiger partial charge in [0.2, 0.25) is 5.22 Å². The number of nitrogens with zero attached hydrogens (tertiary/aromatic N) is 4. The fraction of sp³-hybridized carbons (Fsp3) is 0.0833. The van der Waals surface area contributed by atoms with Gasteiger partial charge in [-0.2, -0.15) is 0 Å². The van der Waals surface area contributed by atoms with Crippen molar-refractivity contribution in [1.29, 1.82) is 0 Å². The van der Waals surface area contributed by atoms with Crippen LogP contribution < -0.4 is 20.1 Å². The van der Waals surface area contributed by atoms with E-state index in [1.54, 1.807) is 0 Å². The normalized spacial score (nSPS) is 12.5. The molecular formula is C24H19N5O2+. The Bertz CT molecular complexity index is 1270. The van der Waals surface area contributed by atoms with Gasteiger partial charge in [-0.25, -0.2) is 4.98 Å². The topological polar surface area (TPSA) is 82.2 Å². The van der Waals surface area contributed by atoms with Gasteiger partial charge in [0.15, 0.2) is 5.22 Å². The smallest absolute Gasteiger partial charge is 0.292 e. The van der Waals surface area contributed by atoms with E-state index in [9.17, 15) is 0 Å². The van der Waals surface area contributed by atoms with E-state index in [2.05, 4.69) is 32.0 Å². The van der Waals surface area contributed by atoms with Gasteiger partial charge in [-0.1, -0.05) is 42.5 Å². The molecule has 0 aliphatic carbocycles. The summed E-state index contributed by atoms with van der Waals surface area (Å²) >= 11 is 0. The summed E-state index contributed by atoms with van der Waals surface area (Å²) in [6.07, 6.45) is 0. The van der Waals surface area contributed by atoms with Crippen molar-refractivity contribution in [2.24, 2.45) is 10.3 Å². The van der Waals surface area contributed by atoms with E-state index >= 15 is 0 Å². The molecule has 0 fully saturated rings. The first-order chi connectivity index (χ1) is 15.3. The molecule has 7 nitrogen and oxygen atoms in total. The van der Waals surface area contributed by atoms with Gasteiger partial charge in [0.1, 0.15) is 24.7 Å². The number of amidine groups is 1. The van der Waals surface area contributed by atoms with Crippen LogP contribution in [-0.4, -0.2) is 10.8 Å². The average Bonchev–Trinajstić information content (AvgIpc) is 3.37. The standard InChI is InChI=1S/C24H19N5O2/c1-2-7-23-18(4-1)12-13-20(25-23)16-31-22-6-3-5-21(14-22)30-15-17-8-10-19(11-9-17)24-26-28-29-27-24/h1-14H,15-16H2,(H,26,27,28)/q+1. The highest BCUT2D eigenvalue weighted by Gasteiger charge is 2.15. The maximum atomic E-state index is 5.93. The number of hydrogen-bond donors (Lipinski definition) is 1. The van der Waals surface area contributed by atoms with Crippen molar-refractivity contribution in [3.8, 4) is 11.5 Å².